The molecule has 0 aromatic heterocycles. The van der Waals surface area contributed by atoms with Crippen LogP contribution in [0, 0.1) is 11.3 Å². The van der Waals surface area contributed by atoms with Gasteiger partial charge in [0, 0.05) is 0 Å². The smallest absolute Gasteiger partial charge is 0.348 e. The Morgan fingerprint density at radius 2 is 1.64 bits per heavy atom. The van der Waals surface area contributed by atoms with Gasteiger partial charge in [0.25, 0.3) is 0 Å². The molecule has 0 fully saturated rings. The number of nitriles is 1. The summed E-state index contributed by atoms with van der Waals surface area (Å²) in [6.45, 7) is 0. The maximum Gasteiger partial charge on any atom is 0.348 e. The van der Waals surface area contributed by atoms with Crippen molar-refractivity contribution in [1.82, 2.24) is 0 Å². The Kier molecular flexibility index (Phi) is 7.98. The number of esters is 2. The zero-order valence-corrected chi connectivity index (χ0v) is 18.4. The molecule has 0 amide bonds. The first-order valence-corrected chi connectivity index (χ1v) is 10.3. The van der Waals surface area contributed by atoms with E-state index < -0.39 is 11.9 Å². The molecule has 166 valence electrons. The summed E-state index contributed by atoms with van der Waals surface area (Å²) >= 11 is 0. The van der Waals surface area contributed by atoms with E-state index in [0.29, 0.717) is 23.3 Å². The summed E-state index contributed by atoms with van der Waals surface area (Å²) in [7, 11) is 2.65. The third kappa shape index (κ3) is 6.08. The fourth-order valence-corrected chi connectivity index (χ4v) is 3.29. The van der Waals surface area contributed by atoms with Gasteiger partial charge in [0.1, 0.15) is 11.6 Å². The van der Waals surface area contributed by atoms with Gasteiger partial charge in [-0.05, 0) is 53.8 Å². The molecule has 33 heavy (non-hydrogen) atoms. The predicted molar refractivity (Wildman–Crippen MR) is 124 cm³/mol. The molecule has 3 aromatic carbocycles. The van der Waals surface area contributed by atoms with Crippen molar-refractivity contribution in [2.45, 2.75) is 12.8 Å². The lowest BCUT2D eigenvalue weighted by Gasteiger charge is -2.12. The number of hydrogen-bond donors (Lipinski definition) is 0. The first-order chi connectivity index (χ1) is 16.0. The number of aryl methyl sites for hydroxylation is 2. The van der Waals surface area contributed by atoms with Crippen molar-refractivity contribution < 1.29 is 23.8 Å². The van der Waals surface area contributed by atoms with Crippen molar-refractivity contribution in [2.24, 2.45) is 0 Å². The molecule has 3 rings (SSSR count). The Labute approximate surface area is 192 Å². The zero-order chi connectivity index (χ0) is 23.6. The van der Waals surface area contributed by atoms with E-state index in [2.05, 4.69) is 16.9 Å². The normalized spacial score (nSPS) is 10.8. The summed E-state index contributed by atoms with van der Waals surface area (Å²) in [5, 5.41) is 9.14. The first kappa shape index (κ1) is 23.3. The fourth-order valence-electron chi connectivity index (χ4n) is 3.29. The molecular weight excluding hydrogens is 418 g/mol. The van der Waals surface area contributed by atoms with Crippen LogP contribution in [-0.2, 0) is 22.4 Å². The third-order valence-corrected chi connectivity index (χ3v) is 4.99. The van der Waals surface area contributed by atoms with E-state index in [1.807, 2.05) is 30.3 Å². The van der Waals surface area contributed by atoms with E-state index in [1.54, 1.807) is 36.4 Å². The second-order valence-corrected chi connectivity index (χ2v) is 7.10. The van der Waals surface area contributed by atoms with Crippen LogP contribution < -0.4 is 9.47 Å². The summed E-state index contributed by atoms with van der Waals surface area (Å²) in [5.74, 6) is -0.707. The quantitative estimate of drug-likeness (QED) is 0.216. The molecule has 0 spiro atoms. The lowest BCUT2D eigenvalue weighted by atomic mass is 10.00. The molecule has 0 aliphatic heterocycles. The molecule has 3 aromatic rings. The van der Waals surface area contributed by atoms with Crippen LogP contribution in [0.15, 0.2) is 78.4 Å². The summed E-state index contributed by atoms with van der Waals surface area (Å²) in [6.07, 6.45) is 2.87. The van der Waals surface area contributed by atoms with Gasteiger partial charge in [-0.1, -0.05) is 54.6 Å². The highest BCUT2D eigenvalue weighted by Crippen LogP contribution is 2.30. The number of methoxy groups -OCH3 is 2. The number of rotatable bonds is 8. The highest BCUT2D eigenvalue weighted by atomic mass is 16.6. The predicted octanol–water partition coefficient (Wildman–Crippen LogP) is 4.78. The minimum Gasteiger partial charge on any atom is -0.493 e. The molecule has 0 atom stereocenters. The lowest BCUT2D eigenvalue weighted by Crippen LogP contribution is -2.12. The molecule has 6 heteroatoms. The SMILES string of the molecule is COC(=O)C(C#N)=Cc1ccc(OC(=O)c2ccccc2CCc2ccccc2)c(OC)c1. The molecule has 0 saturated carbocycles. The van der Waals surface area contributed by atoms with Gasteiger partial charge in [0.05, 0.1) is 19.8 Å². The molecule has 0 aliphatic rings. The summed E-state index contributed by atoms with van der Waals surface area (Å²) in [6, 6.07) is 24.0. The van der Waals surface area contributed by atoms with Crippen LogP contribution in [0.5, 0.6) is 11.5 Å². The molecule has 0 bridgehead atoms. The topological polar surface area (TPSA) is 85.6 Å². The third-order valence-electron chi connectivity index (χ3n) is 4.99. The van der Waals surface area contributed by atoms with E-state index in [4.69, 9.17) is 14.7 Å². The Morgan fingerprint density at radius 3 is 2.33 bits per heavy atom. The maximum absolute atomic E-state index is 13.0. The van der Waals surface area contributed by atoms with Crippen LogP contribution in [0.3, 0.4) is 0 Å². The standard InChI is InChI=1S/C27H23NO5/c1-31-25-17-20(16-22(18-28)26(29)32-2)13-15-24(25)33-27(30)23-11-7-6-10-21(23)14-12-19-8-4-3-5-9-19/h3-11,13,15-17H,12,14H2,1-2H3. The molecule has 0 saturated heterocycles. The van der Waals surface area contributed by atoms with Crippen LogP contribution in [0.25, 0.3) is 6.08 Å². The van der Waals surface area contributed by atoms with Crippen LogP contribution >= 0.6 is 0 Å². The highest BCUT2D eigenvalue weighted by Gasteiger charge is 2.17. The van der Waals surface area contributed by atoms with Gasteiger partial charge in [-0.2, -0.15) is 5.26 Å². The number of hydrogen-bond acceptors (Lipinski definition) is 6. The van der Waals surface area contributed by atoms with Gasteiger partial charge < -0.3 is 14.2 Å². The molecular formula is C27H23NO5. The molecule has 0 heterocycles. The van der Waals surface area contributed by atoms with E-state index in [-0.39, 0.29) is 11.3 Å². The monoisotopic (exact) mass is 441 g/mol. The highest BCUT2D eigenvalue weighted by molar-refractivity contribution is 5.98. The summed E-state index contributed by atoms with van der Waals surface area (Å²) < 4.78 is 15.6. The summed E-state index contributed by atoms with van der Waals surface area (Å²) in [5.41, 5.74) is 2.93. The van der Waals surface area contributed by atoms with Gasteiger partial charge in [-0.3, -0.25) is 0 Å². The second-order valence-electron chi connectivity index (χ2n) is 7.10. The Morgan fingerprint density at radius 1 is 0.909 bits per heavy atom. The van der Waals surface area contributed by atoms with E-state index >= 15 is 0 Å². The fraction of sp³-hybridized carbons (Fsp3) is 0.148. The minimum absolute atomic E-state index is 0.156. The second kappa shape index (κ2) is 11.3. The Balaban J connectivity index is 1.80. The van der Waals surface area contributed by atoms with Crippen LogP contribution in [0.2, 0.25) is 0 Å². The zero-order valence-electron chi connectivity index (χ0n) is 18.4. The number of ether oxygens (including phenoxy) is 3. The van der Waals surface area contributed by atoms with E-state index in [0.717, 1.165) is 12.0 Å². The molecule has 0 unspecified atom stereocenters. The summed E-state index contributed by atoms with van der Waals surface area (Å²) in [4.78, 5) is 24.6. The van der Waals surface area contributed by atoms with Crippen LogP contribution in [0.4, 0.5) is 0 Å². The van der Waals surface area contributed by atoms with E-state index in [1.165, 1.54) is 25.9 Å². The van der Waals surface area contributed by atoms with Gasteiger partial charge in [0.15, 0.2) is 11.5 Å². The Bertz CT molecular complexity index is 1210. The maximum atomic E-state index is 13.0. The van der Waals surface area contributed by atoms with Crippen molar-refractivity contribution >= 4 is 18.0 Å². The molecule has 0 N–H and O–H groups in total. The minimum atomic E-state index is -0.737. The first-order valence-electron chi connectivity index (χ1n) is 10.3. The van der Waals surface area contributed by atoms with E-state index in [9.17, 15) is 9.59 Å². The van der Waals surface area contributed by atoms with Crippen molar-refractivity contribution in [3.63, 3.8) is 0 Å². The number of carbonyl (C=O) groups is 2. The van der Waals surface area contributed by atoms with Crippen LogP contribution in [-0.4, -0.2) is 26.2 Å². The molecule has 0 radical (unpaired) electrons. The lowest BCUT2D eigenvalue weighted by molar-refractivity contribution is -0.135. The number of benzene rings is 3. The molecule has 6 nitrogen and oxygen atoms in total. The molecule has 0 aliphatic carbocycles. The van der Waals surface area contributed by atoms with Gasteiger partial charge in [0.2, 0.25) is 0 Å². The van der Waals surface area contributed by atoms with Crippen molar-refractivity contribution in [2.75, 3.05) is 14.2 Å². The van der Waals surface area contributed by atoms with Crippen molar-refractivity contribution in [1.29, 1.82) is 5.26 Å². The number of carbonyl (C=O) groups excluding carboxylic acids is 2. The van der Waals surface area contributed by atoms with Gasteiger partial charge in [-0.15, -0.1) is 0 Å². The number of nitrogens with zero attached hydrogens (tertiary/aromatic N) is 1. The van der Waals surface area contributed by atoms with Crippen molar-refractivity contribution in [3.8, 4) is 17.6 Å². The average molecular weight is 441 g/mol. The average Bonchev–Trinajstić information content (AvgIpc) is 2.87. The Hall–Kier alpha value is -4.37. The van der Waals surface area contributed by atoms with Gasteiger partial charge in [-0.25, -0.2) is 9.59 Å². The largest absolute Gasteiger partial charge is 0.493 e. The van der Waals surface area contributed by atoms with Gasteiger partial charge >= 0.3 is 11.9 Å². The van der Waals surface area contributed by atoms with Crippen molar-refractivity contribution in [3.05, 3.63) is 101 Å². The van der Waals surface area contributed by atoms with Crippen LogP contribution in [0.1, 0.15) is 27.0 Å².